The zero-order valence-corrected chi connectivity index (χ0v) is 15.0. The third-order valence-electron chi connectivity index (χ3n) is 4.11. The van der Waals surface area contributed by atoms with E-state index < -0.39 is 27.7 Å². The number of carboxylic acid groups (broad SMARTS) is 1. The van der Waals surface area contributed by atoms with Crippen LogP contribution in [0.4, 0.5) is 4.79 Å². The van der Waals surface area contributed by atoms with Crippen molar-refractivity contribution in [1.29, 1.82) is 0 Å². The van der Waals surface area contributed by atoms with Gasteiger partial charge in [-0.3, -0.25) is 4.90 Å². The van der Waals surface area contributed by atoms with Gasteiger partial charge in [-0.15, -0.1) is 6.58 Å². The van der Waals surface area contributed by atoms with Crippen LogP contribution in [0.1, 0.15) is 32.8 Å². The van der Waals surface area contributed by atoms with E-state index in [1.807, 2.05) is 0 Å². The first-order valence-corrected chi connectivity index (χ1v) is 9.29. The third kappa shape index (κ3) is 3.79. The number of fused-ring (bicyclic) bond motifs is 1. The number of benzene rings is 1. The van der Waals surface area contributed by atoms with Crippen LogP contribution in [0.2, 0.25) is 0 Å². The summed E-state index contributed by atoms with van der Waals surface area (Å²) in [6.07, 6.45) is 1.37. The standard InChI is InChI=1S/C17H24N2O4S/c1-5-14(19(16(20)21)17(2,3)4)11-13-10-12-8-6-7-9-15(12)24(22,23)18-13/h5-9,13-14,18H,1,10-11H2,2-4H3,(H,20,21). The van der Waals surface area contributed by atoms with E-state index in [9.17, 15) is 18.3 Å². The molecule has 0 saturated heterocycles. The van der Waals surface area contributed by atoms with Crippen LogP contribution < -0.4 is 4.72 Å². The molecule has 2 unspecified atom stereocenters. The molecule has 24 heavy (non-hydrogen) atoms. The number of rotatable bonds is 4. The molecule has 2 rings (SSSR count). The Morgan fingerprint density at radius 3 is 2.62 bits per heavy atom. The van der Waals surface area contributed by atoms with Crippen LogP contribution in [-0.2, 0) is 16.4 Å². The molecule has 132 valence electrons. The van der Waals surface area contributed by atoms with Crippen LogP contribution in [-0.4, -0.2) is 42.1 Å². The van der Waals surface area contributed by atoms with Crippen molar-refractivity contribution in [3.63, 3.8) is 0 Å². The maximum atomic E-state index is 12.4. The van der Waals surface area contributed by atoms with Crippen LogP contribution in [0.3, 0.4) is 0 Å². The first-order chi connectivity index (χ1) is 11.1. The lowest BCUT2D eigenvalue weighted by atomic mass is 9.95. The summed E-state index contributed by atoms with van der Waals surface area (Å²) in [6.45, 7) is 9.15. The van der Waals surface area contributed by atoms with Crippen molar-refractivity contribution in [3.8, 4) is 0 Å². The third-order valence-corrected chi connectivity index (χ3v) is 5.73. The van der Waals surface area contributed by atoms with Crippen LogP contribution in [0, 0.1) is 0 Å². The number of hydrogen-bond donors (Lipinski definition) is 2. The molecule has 0 fully saturated rings. The monoisotopic (exact) mass is 352 g/mol. The van der Waals surface area contributed by atoms with E-state index in [4.69, 9.17) is 0 Å². The summed E-state index contributed by atoms with van der Waals surface area (Å²) in [5.74, 6) is 0. The van der Waals surface area contributed by atoms with Crippen LogP contribution in [0.15, 0.2) is 41.8 Å². The summed E-state index contributed by atoms with van der Waals surface area (Å²) in [7, 11) is -3.58. The molecule has 0 spiro atoms. The Bertz CT molecular complexity index is 737. The molecule has 1 heterocycles. The van der Waals surface area contributed by atoms with E-state index in [1.54, 1.807) is 51.1 Å². The van der Waals surface area contributed by atoms with Gasteiger partial charge in [0.15, 0.2) is 0 Å². The highest BCUT2D eigenvalue weighted by molar-refractivity contribution is 7.89. The van der Waals surface area contributed by atoms with E-state index >= 15 is 0 Å². The van der Waals surface area contributed by atoms with Gasteiger partial charge < -0.3 is 5.11 Å². The maximum absolute atomic E-state index is 12.4. The van der Waals surface area contributed by atoms with Crippen molar-refractivity contribution in [2.75, 3.05) is 0 Å². The molecule has 2 N–H and O–H groups in total. The summed E-state index contributed by atoms with van der Waals surface area (Å²) in [5.41, 5.74) is 0.137. The Labute approximate surface area is 143 Å². The second kappa shape index (κ2) is 6.57. The van der Waals surface area contributed by atoms with Crippen LogP contribution in [0.5, 0.6) is 0 Å². The zero-order valence-electron chi connectivity index (χ0n) is 14.2. The van der Waals surface area contributed by atoms with Gasteiger partial charge in [-0.2, -0.15) is 0 Å². The second-order valence-electron chi connectivity index (χ2n) is 6.99. The molecule has 1 aromatic rings. The van der Waals surface area contributed by atoms with Gasteiger partial charge >= 0.3 is 6.09 Å². The van der Waals surface area contributed by atoms with E-state index in [-0.39, 0.29) is 6.04 Å². The molecular formula is C17H24N2O4S. The SMILES string of the molecule is C=CC(CC1Cc2ccccc2S(=O)(=O)N1)N(C(=O)O)C(C)(C)C. The quantitative estimate of drug-likeness (QED) is 0.816. The van der Waals surface area contributed by atoms with E-state index in [0.717, 1.165) is 5.56 Å². The number of carbonyl (C=O) groups is 1. The number of amides is 1. The predicted octanol–water partition coefficient (Wildman–Crippen LogP) is 2.61. The highest BCUT2D eigenvalue weighted by Crippen LogP contribution is 2.27. The second-order valence-corrected chi connectivity index (χ2v) is 8.67. The molecule has 0 radical (unpaired) electrons. The molecule has 0 aromatic heterocycles. The largest absolute Gasteiger partial charge is 0.465 e. The van der Waals surface area contributed by atoms with Gasteiger partial charge in [0.1, 0.15) is 0 Å². The number of hydrogen-bond acceptors (Lipinski definition) is 3. The molecule has 1 aliphatic rings. The summed E-state index contributed by atoms with van der Waals surface area (Å²) in [4.78, 5) is 13.3. The molecule has 7 heteroatoms. The Morgan fingerprint density at radius 2 is 2.08 bits per heavy atom. The van der Waals surface area contributed by atoms with Gasteiger partial charge in [0.2, 0.25) is 10.0 Å². The van der Waals surface area contributed by atoms with Crippen molar-refractivity contribution in [2.24, 2.45) is 0 Å². The van der Waals surface area contributed by atoms with E-state index in [2.05, 4.69) is 11.3 Å². The molecule has 0 aliphatic carbocycles. The first-order valence-electron chi connectivity index (χ1n) is 7.81. The van der Waals surface area contributed by atoms with E-state index in [0.29, 0.717) is 17.7 Å². The highest BCUT2D eigenvalue weighted by atomic mass is 32.2. The van der Waals surface area contributed by atoms with Gasteiger partial charge in [-0.05, 0) is 45.2 Å². The summed E-state index contributed by atoms with van der Waals surface area (Å²) < 4.78 is 27.4. The minimum Gasteiger partial charge on any atom is -0.465 e. The van der Waals surface area contributed by atoms with E-state index in [1.165, 1.54) is 4.90 Å². The van der Waals surface area contributed by atoms with Crippen LogP contribution >= 0.6 is 0 Å². The van der Waals surface area contributed by atoms with Gasteiger partial charge in [0, 0.05) is 11.6 Å². The molecule has 0 saturated carbocycles. The fraction of sp³-hybridized carbons (Fsp3) is 0.471. The molecule has 2 atom stereocenters. The maximum Gasteiger partial charge on any atom is 0.408 e. The van der Waals surface area contributed by atoms with Gasteiger partial charge in [0.05, 0.1) is 10.9 Å². The number of nitrogens with one attached hydrogen (secondary N) is 1. The lowest BCUT2D eigenvalue weighted by Crippen LogP contribution is -2.53. The van der Waals surface area contributed by atoms with Gasteiger partial charge in [-0.25, -0.2) is 17.9 Å². The number of sulfonamides is 1. The van der Waals surface area contributed by atoms with Crippen molar-refractivity contribution in [2.45, 2.75) is 56.1 Å². The topological polar surface area (TPSA) is 86.7 Å². The molecule has 6 nitrogen and oxygen atoms in total. The van der Waals surface area contributed by atoms with Crippen LogP contribution in [0.25, 0.3) is 0 Å². The highest BCUT2D eigenvalue weighted by Gasteiger charge is 2.36. The first kappa shape index (κ1) is 18.5. The normalized spacial score (nSPS) is 20.7. The fourth-order valence-electron chi connectivity index (χ4n) is 3.18. The average Bonchev–Trinajstić information content (AvgIpc) is 2.44. The molecule has 1 aliphatic heterocycles. The summed E-state index contributed by atoms with van der Waals surface area (Å²) >= 11 is 0. The Hall–Kier alpha value is -1.86. The summed E-state index contributed by atoms with van der Waals surface area (Å²) in [5, 5.41) is 9.54. The zero-order chi connectivity index (χ0) is 18.1. The van der Waals surface area contributed by atoms with Crippen molar-refractivity contribution >= 4 is 16.1 Å². The average molecular weight is 352 g/mol. The molecule has 1 aromatic carbocycles. The molecule has 1 amide bonds. The predicted molar refractivity (Wildman–Crippen MR) is 92.5 cm³/mol. The lowest BCUT2D eigenvalue weighted by Gasteiger charge is -2.40. The molecule has 0 bridgehead atoms. The van der Waals surface area contributed by atoms with Crippen molar-refractivity contribution in [1.82, 2.24) is 9.62 Å². The molecular weight excluding hydrogens is 328 g/mol. The van der Waals surface area contributed by atoms with Gasteiger partial charge in [0.25, 0.3) is 0 Å². The Morgan fingerprint density at radius 1 is 1.46 bits per heavy atom. The van der Waals surface area contributed by atoms with Gasteiger partial charge in [-0.1, -0.05) is 24.3 Å². The minimum absolute atomic E-state index is 0.294. The minimum atomic E-state index is -3.58. The summed E-state index contributed by atoms with van der Waals surface area (Å²) in [6, 6.07) is 6.01. The Balaban J connectivity index is 2.27. The Kier molecular flexibility index (Phi) is 5.05. The van der Waals surface area contributed by atoms with Crippen molar-refractivity contribution < 1.29 is 18.3 Å². The van der Waals surface area contributed by atoms with Crippen molar-refractivity contribution in [3.05, 3.63) is 42.5 Å². The lowest BCUT2D eigenvalue weighted by molar-refractivity contribution is 0.0785. The smallest absolute Gasteiger partial charge is 0.408 e. The fourth-order valence-corrected chi connectivity index (χ4v) is 4.68. The number of nitrogens with zero attached hydrogens (tertiary/aromatic N) is 1.